The molecule has 0 radical (unpaired) electrons. The van der Waals surface area contributed by atoms with Crippen molar-refractivity contribution in [2.75, 3.05) is 37.8 Å². The maximum absolute atomic E-state index is 12.6. The van der Waals surface area contributed by atoms with E-state index in [1.54, 1.807) is 31.3 Å². The minimum absolute atomic E-state index is 0.0701. The SMILES string of the molecule is CC1=NC([N+](=O)[O-])=C(C[N+](C)(C)C/C=C/C(=O)Nc2cc3c(Nc4ccc(Cl)c(Br)c4)ncnc3cn2)C1. The Balaban J connectivity index is 1.42. The summed E-state index contributed by atoms with van der Waals surface area (Å²) in [5.41, 5.74) is 2.80. The third-order valence-corrected chi connectivity index (χ3v) is 6.91. The first-order valence-electron chi connectivity index (χ1n) is 11.5. The molecule has 4 rings (SSSR count). The van der Waals surface area contributed by atoms with Crippen molar-refractivity contribution in [3.05, 3.63) is 79.9 Å². The number of nitrogens with one attached hydrogen (secondary N) is 2. The number of nitro groups is 1. The van der Waals surface area contributed by atoms with Crippen LogP contribution in [-0.4, -0.2) is 63.2 Å². The van der Waals surface area contributed by atoms with E-state index in [1.807, 2.05) is 26.2 Å². The van der Waals surface area contributed by atoms with Crippen molar-refractivity contribution in [3.63, 3.8) is 0 Å². The molecule has 0 atom stereocenters. The molecule has 3 heterocycles. The van der Waals surface area contributed by atoms with Crippen molar-refractivity contribution in [1.82, 2.24) is 15.0 Å². The van der Waals surface area contributed by atoms with Gasteiger partial charge in [0, 0.05) is 28.0 Å². The van der Waals surface area contributed by atoms with E-state index < -0.39 is 4.92 Å². The molecule has 3 aromatic rings. The molecule has 38 heavy (non-hydrogen) atoms. The Kier molecular flexibility index (Phi) is 8.14. The Morgan fingerprint density at radius 1 is 1.26 bits per heavy atom. The first-order chi connectivity index (χ1) is 18.0. The maximum Gasteiger partial charge on any atom is 0.368 e. The molecule has 0 fully saturated rings. The number of aromatic nitrogens is 3. The first kappa shape index (κ1) is 27.3. The highest BCUT2D eigenvalue weighted by Crippen LogP contribution is 2.29. The lowest BCUT2D eigenvalue weighted by Gasteiger charge is -2.28. The van der Waals surface area contributed by atoms with Crippen molar-refractivity contribution >= 4 is 67.4 Å². The second-order valence-corrected chi connectivity index (χ2v) is 10.7. The quantitative estimate of drug-likeness (QED) is 0.151. The summed E-state index contributed by atoms with van der Waals surface area (Å²) in [5, 5.41) is 18.5. The average Bonchev–Trinajstić information content (AvgIpc) is 3.21. The zero-order valence-electron chi connectivity index (χ0n) is 20.9. The summed E-state index contributed by atoms with van der Waals surface area (Å²) in [6.45, 7) is 2.73. The molecule has 11 nitrogen and oxygen atoms in total. The average molecular weight is 601 g/mol. The van der Waals surface area contributed by atoms with Crippen molar-refractivity contribution in [1.29, 1.82) is 0 Å². The normalized spacial score (nSPS) is 13.8. The zero-order chi connectivity index (χ0) is 27.4. The molecular weight excluding hydrogens is 576 g/mol. The van der Waals surface area contributed by atoms with E-state index in [0.717, 1.165) is 15.9 Å². The standard InChI is InChI=1S/C25H24BrClN8O3/c1-15-9-16(25(31-15)34(37)38)13-35(2,3)8-4-5-23(36)33-22-11-18-21(12-28-22)29-14-30-24(18)32-17-6-7-20(27)19(26)10-17/h4-7,10-12,14H,8-9,13H2,1-3H3,(H-,28,29,30,32,33,36)/p+1/b5-4+. The van der Waals surface area contributed by atoms with Gasteiger partial charge in [0.25, 0.3) is 0 Å². The zero-order valence-corrected chi connectivity index (χ0v) is 23.2. The molecule has 0 saturated heterocycles. The van der Waals surface area contributed by atoms with Crippen LogP contribution in [0.1, 0.15) is 13.3 Å². The van der Waals surface area contributed by atoms with Gasteiger partial charge in [0.2, 0.25) is 5.91 Å². The topological polar surface area (TPSA) is 135 Å². The van der Waals surface area contributed by atoms with E-state index in [0.29, 0.717) is 57.1 Å². The molecule has 2 aromatic heterocycles. The number of hydrogen-bond acceptors (Lipinski definition) is 8. The van der Waals surface area contributed by atoms with Crippen LogP contribution in [0.3, 0.4) is 0 Å². The second-order valence-electron chi connectivity index (χ2n) is 9.44. The highest BCUT2D eigenvalue weighted by molar-refractivity contribution is 9.10. The van der Waals surface area contributed by atoms with Crippen LogP contribution in [0.5, 0.6) is 0 Å². The summed E-state index contributed by atoms with van der Waals surface area (Å²) < 4.78 is 1.17. The minimum Gasteiger partial charge on any atom is -0.358 e. The van der Waals surface area contributed by atoms with Crippen LogP contribution < -0.4 is 10.6 Å². The van der Waals surface area contributed by atoms with Gasteiger partial charge in [-0.1, -0.05) is 11.6 Å². The van der Waals surface area contributed by atoms with Gasteiger partial charge in [-0.2, -0.15) is 0 Å². The summed E-state index contributed by atoms with van der Waals surface area (Å²) >= 11 is 9.49. The molecule has 1 aliphatic rings. The van der Waals surface area contributed by atoms with Crippen molar-refractivity contribution in [2.45, 2.75) is 13.3 Å². The molecule has 13 heteroatoms. The van der Waals surface area contributed by atoms with Crippen LogP contribution in [0.25, 0.3) is 10.9 Å². The van der Waals surface area contributed by atoms with Gasteiger partial charge in [-0.05, 0) is 63.1 Å². The summed E-state index contributed by atoms with van der Waals surface area (Å²) in [4.78, 5) is 40.3. The molecule has 0 bridgehead atoms. The third-order valence-electron chi connectivity index (χ3n) is 5.70. The van der Waals surface area contributed by atoms with Crippen LogP contribution in [0, 0.1) is 10.1 Å². The highest BCUT2D eigenvalue weighted by atomic mass is 79.9. The van der Waals surface area contributed by atoms with Gasteiger partial charge >= 0.3 is 5.82 Å². The number of halogens is 2. The van der Waals surface area contributed by atoms with Gasteiger partial charge in [0.15, 0.2) is 0 Å². The third kappa shape index (κ3) is 6.77. The van der Waals surface area contributed by atoms with Gasteiger partial charge < -0.3 is 25.2 Å². The fraction of sp³-hybridized carbons (Fsp3) is 0.240. The molecule has 0 spiro atoms. The predicted octanol–water partition coefficient (Wildman–Crippen LogP) is 5.11. The van der Waals surface area contributed by atoms with Crippen molar-refractivity contribution in [3.8, 4) is 0 Å². The molecule has 1 aromatic carbocycles. The fourth-order valence-corrected chi connectivity index (χ4v) is 4.51. The molecule has 1 amide bonds. The monoisotopic (exact) mass is 599 g/mol. The van der Waals surface area contributed by atoms with Crippen molar-refractivity contribution < 1.29 is 14.2 Å². The predicted molar refractivity (Wildman–Crippen MR) is 151 cm³/mol. The van der Waals surface area contributed by atoms with E-state index in [-0.39, 0.29) is 11.7 Å². The summed E-state index contributed by atoms with van der Waals surface area (Å²) in [5.74, 6) is 0.469. The van der Waals surface area contributed by atoms with E-state index in [2.05, 4.69) is 46.5 Å². The molecule has 0 aliphatic carbocycles. The van der Waals surface area contributed by atoms with Crippen LogP contribution in [0.2, 0.25) is 5.02 Å². The minimum atomic E-state index is -0.438. The van der Waals surface area contributed by atoms with E-state index in [9.17, 15) is 14.9 Å². The Labute approximate surface area is 232 Å². The number of nitrogens with zero attached hydrogens (tertiary/aromatic N) is 6. The molecular formula is C25H25BrClN8O3+. The molecule has 2 N–H and O–H groups in total. The second kappa shape index (κ2) is 11.3. The van der Waals surface area contributed by atoms with Gasteiger partial charge in [-0.25, -0.2) is 15.0 Å². The van der Waals surface area contributed by atoms with E-state index >= 15 is 0 Å². The number of aliphatic imine (C=N–C) groups is 1. The largest absolute Gasteiger partial charge is 0.368 e. The van der Waals surface area contributed by atoms with Crippen LogP contribution in [0.4, 0.5) is 17.3 Å². The number of carbonyl (C=O) groups excluding carboxylic acids is 1. The molecule has 1 aliphatic heterocycles. The van der Waals surface area contributed by atoms with Gasteiger partial charge in [-0.15, -0.1) is 0 Å². The summed E-state index contributed by atoms with van der Waals surface area (Å²) in [6.07, 6.45) is 6.65. The lowest BCUT2D eigenvalue weighted by molar-refractivity contribution is -0.880. The van der Waals surface area contributed by atoms with E-state index in [1.165, 1.54) is 12.4 Å². The molecule has 0 saturated carbocycles. The van der Waals surface area contributed by atoms with Crippen molar-refractivity contribution in [2.24, 2.45) is 4.99 Å². The number of quaternary nitrogens is 1. The van der Waals surface area contributed by atoms with Gasteiger partial charge in [0.1, 0.15) is 30.2 Å². The number of carbonyl (C=O) groups is 1. The fourth-order valence-electron chi connectivity index (χ4n) is 4.02. The summed E-state index contributed by atoms with van der Waals surface area (Å²) in [7, 11) is 3.89. The number of hydrogen-bond donors (Lipinski definition) is 2. The number of fused-ring (bicyclic) bond motifs is 1. The Bertz CT molecular complexity index is 1520. The molecule has 196 valence electrons. The Morgan fingerprint density at radius 3 is 2.79 bits per heavy atom. The highest BCUT2D eigenvalue weighted by Gasteiger charge is 2.31. The maximum atomic E-state index is 12.6. The number of benzene rings is 1. The number of likely N-dealkylation sites (N-methyl/N-ethyl adjacent to an activating group) is 1. The van der Waals surface area contributed by atoms with Gasteiger partial charge in [0.05, 0.1) is 42.9 Å². The molecule has 0 unspecified atom stereocenters. The Hall–Kier alpha value is -3.74. The Morgan fingerprint density at radius 2 is 2.05 bits per heavy atom. The van der Waals surface area contributed by atoms with Crippen LogP contribution in [-0.2, 0) is 4.79 Å². The number of amides is 1. The summed E-state index contributed by atoms with van der Waals surface area (Å²) in [6, 6.07) is 7.12. The lowest BCUT2D eigenvalue weighted by atomic mass is 10.1. The van der Waals surface area contributed by atoms with Crippen LogP contribution in [0.15, 0.2) is 69.8 Å². The number of anilines is 3. The smallest absolute Gasteiger partial charge is 0.358 e. The number of rotatable bonds is 9. The first-order valence-corrected chi connectivity index (χ1v) is 12.7. The van der Waals surface area contributed by atoms with Crippen LogP contribution >= 0.6 is 27.5 Å². The number of pyridine rings is 1. The lowest BCUT2D eigenvalue weighted by Crippen LogP contribution is -2.41. The van der Waals surface area contributed by atoms with Gasteiger partial charge in [-0.3, -0.25) is 4.79 Å². The van der Waals surface area contributed by atoms with E-state index in [4.69, 9.17) is 11.6 Å².